The van der Waals surface area contributed by atoms with E-state index < -0.39 is 0 Å². The number of aldehydes is 1. The van der Waals surface area contributed by atoms with Gasteiger partial charge in [0.25, 0.3) is 0 Å². The van der Waals surface area contributed by atoms with Gasteiger partial charge in [0.1, 0.15) is 0 Å². The van der Waals surface area contributed by atoms with E-state index in [-0.39, 0.29) is 0 Å². The summed E-state index contributed by atoms with van der Waals surface area (Å²) in [5.74, 6) is 5.80. The highest BCUT2D eigenvalue weighted by Crippen LogP contribution is 2.10. The minimum absolute atomic E-state index is 0.703. The van der Waals surface area contributed by atoms with Crippen LogP contribution in [0.25, 0.3) is 0 Å². The fourth-order valence-electron chi connectivity index (χ4n) is 1.39. The molecule has 0 aromatic carbocycles. The number of rotatable bonds is 3. The van der Waals surface area contributed by atoms with E-state index in [9.17, 15) is 4.79 Å². The molecule has 0 aliphatic heterocycles. The van der Waals surface area contributed by atoms with E-state index in [1.807, 2.05) is 25.5 Å². The van der Waals surface area contributed by atoms with Gasteiger partial charge in [0.05, 0.1) is 17.8 Å². The summed E-state index contributed by atoms with van der Waals surface area (Å²) in [5.41, 5.74) is 2.42. The summed E-state index contributed by atoms with van der Waals surface area (Å²) in [5, 5.41) is 4.27. The summed E-state index contributed by atoms with van der Waals surface area (Å²) in [7, 11) is 0. The second kappa shape index (κ2) is 4.61. The molecule has 0 radical (unpaired) electrons. The first kappa shape index (κ1) is 10.5. The molecule has 3 nitrogen and oxygen atoms in total. The van der Waals surface area contributed by atoms with Gasteiger partial charge >= 0.3 is 0 Å². The molecule has 0 aliphatic rings. The van der Waals surface area contributed by atoms with Crippen LogP contribution in [0.15, 0.2) is 0 Å². The molecule has 14 heavy (non-hydrogen) atoms. The molecule has 0 saturated carbocycles. The third kappa shape index (κ3) is 2.02. The Kier molecular flexibility index (Phi) is 3.47. The monoisotopic (exact) mass is 190 g/mol. The van der Waals surface area contributed by atoms with E-state index >= 15 is 0 Å². The number of aromatic nitrogens is 2. The number of nitrogens with zero attached hydrogens (tertiary/aromatic N) is 2. The minimum atomic E-state index is 0.703. The lowest BCUT2D eigenvalue weighted by Crippen LogP contribution is -2.02. The van der Waals surface area contributed by atoms with Crippen LogP contribution in [0.5, 0.6) is 0 Å². The summed E-state index contributed by atoms with van der Waals surface area (Å²) in [4.78, 5) is 10.7. The van der Waals surface area contributed by atoms with Crippen LogP contribution >= 0.6 is 0 Å². The maximum atomic E-state index is 10.7. The topological polar surface area (TPSA) is 34.9 Å². The number of hydrogen-bond donors (Lipinski definition) is 0. The highest BCUT2D eigenvalue weighted by molar-refractivity contribution is 5.77. The lowest BCUT2D eigenvalue weighted by atomic mass is 10.2. The second-order valence-electron chi connectivity index (χ2n) is 3.10. The van der Waals surface area contributed by atoms with Crippen molar-refractivity contribution >= 4 is 6.29 Å². The Hall–Kier alpha value is -1.56. The van der Waals surface area contributed by atoms with E-state index in [2.05, 4.69) is 16.9 Å². The fourth-order valence-corrected chi connectivity index (χ4v) is 1.39. The maximum Gasteiger partial charge on any atom is 0.153 e. The smallest absolute Gasteiger partial charge is 0.153 e. The molecule has 0 saturated heterocycles. The van der Waals surface area contributed by atoms with Crippen LogP contribution in [0.4, 0.5) is 0 Å². The van der Waals surface area contributed by atoms with Crippen LogP contribution in [0.3, 0.4) is 0 Å². The third-order valence-corrected chi connectivity index (χ3v) is 2.18. The van der Waals surface area contributed by atoms with Crippen molar-refractivity contribution in [3.05, 3.63) is 17.0 Å². The number of hydrogen-bond acceptors (Lipinski definition) is 2. The predicted octanol–water partition coefficient (Wildman–Crippen LogP) is 1.73. The van der Waals surface area contributed by atoms with Crippen LogP contribution in [-0.4, -0.2) is 16.1 Å². The Balaban J connectivity index is 2.86. The SMILES string of the molecule is CC#CCCn1nc(C)c(C=O)c1C. The lowest BCUT2D eigenvalue weighted by Gasteiger charge is -1.99. The number of aryl methyl sites for hydroxylation is 2. The van der Waals surface area contributed by atoms with Gasteiger partial charge in [-0.1, -0.05) is 0 Å². The highest BCUT2D eigenvalue weighted by atomic mass is 16.1. The zero-order chi connectivity index (χ0) is 10.6. The standard InChI is InChI=1S/C11H14N2O/c1-4-5-6-7-13-10(3)11(8-14)9(2)12-13/h8H,6-7H2,1-3H3. The van der Waals surface area contributed by atoms with E-state index in [4.69, 9.17) is 0 Å². The summed E-state index contributed by atoms with van der Waals surface area (Å²) < 4.78 is 1.84. The largest absolute Gasteiger partial charge is 0.298 e. The lowest BCUT2D eigenvalue weighted by molar-refractivity contribution is 0.112. The third-order valence-electron chi connectivity index (χ3n) is 2.18. The van der Waals surface area contributed by atoms with Crippen molar-refractivity contribution in [2.75, 3.05) is 0 Å². The van der Waals surface area contributed by atoms with E-state index in [1.54, 1.807) is 0 Å². The Morgan fingerprint density at radius 1 is 1.50 bits per heavy atom. The van der Waals surface area contributed by atoms with E-state index in [0.717, 1.165) is 30.6 Å². The molecule has 0 unspecified atom stereocenters. The van der Waals surface area contributed by atoms with Gasteiger partial charge in [-0.3, -0.25) is 9.48 Å². The van der Waals surface area contributed by atoms with Gasteiger partial charge in [-0.05, 0) is 20.8 Å². The van der Waals surface area contributed by atoms with E-state index in [0.29, 0.717) is 5.56 Å². The summed E-state index contributed by atoms with van der Waals surface area (Å²) >= 11 is 0. The van der Waals surface area contributed by atoms with Gasteiger partial charge in [0.2, 0.25) is 0 Å². The first-order chi connectivity index (χ1) is 6.70. The quantitative estimate of drug-likeness (QED) is 0.537. The second-order valence-corrected chi connectivity index (χ2v) is 3.10. The molecular weight excluding hydrogens is 176 g/mol. The normalized spacial score (nSPS) is 9.36. The van der Waals surface area contributed by atoms with Crippen molar-refractivity contribution in [2.24, 2.45) is 0 Å². The van der Waals surface area contributed by atoms with Gasteiger partial charge in [0.15, 0.2) is 6.29 Å². The Bertz CT molecular complexity index is 393. The fraction of sp³-hybridized carbons (Fsp3) is 0.455. The average Bonchev–Trinajstić information content (AvgIpc) is 2.42. The Morgan fingerprint density at radius 3 is 2.71 bits per heavy atom. The van der Waals surface area contributed by atoms with Gasteiger partial charge in [0, 0.05) is 12.1 Å². The van der Waals surface area contributed by atoms with Gasteiger partial charge in [-0.15, -0.1) is 11.8 Å². The molecule has 0 amide bonds. The first-order valence-electron chi connectivity index (χ1n) is 4.59. The Morgan fingerprint density at radius 2 is 2.21 bits per heavy atom. The average molecular weight is 190 g/mol. The summed E-state index contributed by atoms with van der Waals surface area (Å²) in [6.07, 6.45) is 1.64. The van der Waals surface area contributed by atoms with Crippen molar-refractivity contribution in [3.63, 3.8) is 0 Å². The molecule has 1 rings (SSSR count). The van der Waals surface area contributed by atoms with E-state index in [1.165, 1.54) is 0 Å². The molecule has 0 aliphatic carbocycles. The predicted molar refractivity (Wildman–Crippen MR) is 55.2 cm³/mol. The van der Waals surface area contributed by atoms with Crippen molar-refractivity contribution in [1.82, 2.24) is 9.78 Å². The number of carbonyl (C=O) groups is 1. The minimum Gasteiger partial charge on any atom is -0.298 e. The van der Waals surface area contributed by atoms with Crippen LogP contribution in [0.1, 0.15) is 35.1 Å². The van der Waals surface area contributed by atoms with Crippen LogP contribution in [0, 0.1) is 25.7 Å². The molecule has 74 valence electrons. The molecule has 0 spiro atoms. The molecular formula is C11H14N2O. The summed E-state index contributed by atoms with van der Waals surface area (Å²) in [6, 6.07) is 0. The van der Waals surface area contributed by atoms with Crippen molar-refractivity contribution in [1.29, 1.82) is 0 Å². The van der Waals surface area contributed by atoms with Gasteiger partial charge in [-0.25, -0.2) is 0 Å². The van der Waals surface area contributed by atoms with Crippen molar-refractivity contribution < 1.29 is 4.79 Å². The summed E-state index contributed by atoms with van der Waals surface area (Å²) in [6.45, 7) is 6.32. The van der Waals surface area contributed by atoms with Crippen LogP contribution in [-0.2, 0) is 6.54 Å². The molecule has 1 aromatic heterocycles. The molecule has 0 N–H and O–H groups in total. The molecule has 1 heterocycles. The molecule has 0 fully saturated rings. The highest BCUT2D eigenvalue weighted by Gasteiger charge is 2.09. The molecule has 3 heteroatoms. The van der Waals surface area contributed by atoms with Crippen LogP contribution in [0.2, 0.25) is 0 Å². The zero-order valence-electron chi connectivity index (χ0n) is 8.79. The zero-order valence-corrected chi connectivity index (χ0v) is 8.79. The molecule has 0 atom stereocenters. The number of carbonyl (C=O) groups excluding carboxylic acids is 1. The van der Waals surface area contributed by atoms with Gasteiger partial charge < -0.3 is 0 Å². The molecule has 1 aromatic rings. The maximum absolute atomic E-state index is 10.7. The molecule has 0 bridgehead atoms. The van der Waals surface area contributed by atoms with Crippen LogP contribution < -0.4 is 0 Å². The van der Waals surface area contributed by atoms with Crippen molar-refractivity contribution in [2.45, 2.75) is 33.7 Å². The first-order valence-corrected chi connectivity index (χ1v) is 4.59. The van der Waals surface area contributed by atoms with Gasteiger partial charge in [-0.2, -0.15) is 5.10 Å². The Labute approximate surface area is 84.1 Å². The van der Waals surface area contributed by atoms with Crippen molar-refractivity contribution in [3.8, 4) is 11.8 Å².